The summed E-state index contributed by atoms with van der Waals surface area (Å²) in [5, 5.41) is 11.6. The molecule has 1 amide bonds. The van der Waals surface area contributed by atoms with Gasteiger partial charge in [0.15, 0.2) is 0 Å². The van der Waals surface area contributed by atoms with Crippen molar-refractivity contribution in [1.29, 1.82) is 0 Å². The van der Waals surface area contributed by atoms with Crippen molar-refractivity contribution in [3.63, 3.8) is 0 Å². The van der Waals surface area contributed by atoms with Crippen LogP contribution in [0.3, 0.4) is 0 Å². The number of halogens is 3. The lowest BCUT2D eigenvalue weighted by atomic mass is 9.78. The number of amides is 1. The highest BCUT2D eigenvalue weighted by molar-refractivity contribution is 5.92. The van der Waals surface area contributed by atoms with E-state index in [1.807, 2.05) is 0 Å². The summed E-state index contributed by atoms with van der Waals surface area (Å²) in [5.74, 6) is -3.18. The summed E-state index contributed by atoms with van der Waals surface area (Å²) >= 11 is 0. The first-order chi connectivity index (χ1) is 9.91. The standard InChI is InChI=1S/C15H18F3NO2/c16-15(17,18)13-7-2-1-6-12(13)14(21)19-11-5-3-4-10(8-11)9-20/h3-5,8,12-13,20H,1-2,6-7,9H2,(H,19,21). The molecule has 3 nitrogen and oxygen atoms in total. The molecular formula is C15H18F3NO2. The Balaban J connectivity index is 2.10. The minimum absolute atomic E-state index is 0.0122. The molecule has 0 aliphatic heterocycles. The molecule has 2 atom stereocenters. The highest BCUT2D eigenvalue weighted by atomic mass is 19.4. The number of alkyl halides is 3. The Morgan fingerprint density at radius 2 is 2.00 bits per heavy atom. The fourth-order valence-corrected chi connectivity index (χ4v) is 2.82. The van der Waals surface area contributed by atoms with Crippen LogP contribution in [0, 0.1) is 11.8 Å². The van der Waals surface area contributed by atoms with Gasteiger partial charge in [0.1, 0.15) is 0 Å². The summed E-state index contributed by atoms with van der Waals surface area (Å²) in [6, 6.07) is 6.48. The third-order valence-electron chi connectivity index (χ3n) is 3.90. The van der Waals surface area contributed by atoms with Crippen molar-refractivity contribution in [2.24, 2.45) is 11.8 Å². The van der Waals surface area contributed by atoms with E-state index in [0.717, 1.165) is 0 Å². The van der Waals surface area contributed by atoms with Gasteiger partial charge in [-0.15, -0.1) is 0 Å². The average molecular weight is 301 g/mol. The Hall–Kier alpha value is -1.56. The number of carbonyl (C=O) groups is 1. The largest absolute Gasteiger partial charge is 0.392 e. The van der Waals surface area contributed by atoms with Gasteiger partial charge in [-0.1, -0.05) is 25.0 Å². The molecular weight excluding hydrogens is 283 g/mol. The van der Waals surface area contributed by atoms with E-state index in [9.17, 15) is 18.0 Å². The first-order valence-corrected chi connectivity index (χ1v) is 6.99. The van der Waals surface area contributed by atoms with E-state index < -0.39 is 23.9 Å². The molecule has 2 unspecified atom stereocenters. The highest BCUT2D eigenvalue weighted by Gasteiger charge is 2.47. The maximum atomic E-state index is 13.0. The molecule has 21 heavy (non-hydrogen) atoms. The number of nitrogens with one attached hydrogen (secondary N) is 1. The number of hydrogen-bond acceptors (Lipinski definition) is 2. The lowest BCUT2D eigenvalue weighted by Crippen LogP contribution is -2.39. The average Bonchev–Trinajstić information content (AvgIpc) is 2.46. The molecule has 2 N–H and O–H groups in total. The Bertz CT molecular complexity index is 502. The van der Waals surface area contributed by atoms with Crippen LogP contribution in [0.5, 0.6) is 0 Å². The van der Waals surface area contributed by atoms with E-state index in [4.69, 9.17) is 5.11 Å². The highest BCUT2D eigenvalue weighted by Crippen LogP contribution is 2.41. The second-order valence-electron chi connectivity index (χ2n) is 5.39. The SMILES string of the molecule is O=C(Nc1cccc(CO)c1)C1CCCCC1C(F)(F)F. The molecule has 0 aromatic heterocycles. The molecule has 0 spiro atoms. The van der Waals surface area contributed by atoms with E-state index in [-0.39, 0.29) is 19.4 Å². The van der Waals surface area contributed by atoms with Crippen LogP contribution in [0.4, 0.5) is 18.9 Å². The van der Waals surface area contributed by atoms with Crippen LogP contribution in [-0.2, 0) is 11.4 Å². The molecule has 1 saturated carbocycles. The summed E-state index contributed by atoms with van der Waals surface area (Å²) in [5.41, 5.74) is 1.02. The van der Waals surface area contributed by atoms with Gasteiger partial charge < -0.3 is 10.4 Å². The molecule has 116 valence electrons. The topological polar surface area (TPSA) is 49.3 Å². The maximum Gasteiger partial charge on any atom is 0.392 e. The number of aliphatic hydroxyl groups is 1. The van der Waals surface area contributed by atoms with Crippen molar-refractivity contribution < 1.29 is 23.1 Å². The molecule has 0 heterocycles. The predicted octanol–water partition coefficient (Wildman–Crippen LogP) is 3.49. The Morgan fingerprint density at radius 1 is 1.29 bits per heavy atom. The Morgan fingerprint density at radius 3 is 2.67 bits per heavy atom. The quantitative estimate of drug-likeness (QED) is 0.898. The van der Waals surface area contributed by atoms with Gasteiger partial charge in [-0.2, -0.15) is 13.2 Å². The lowest BCUT2D eigenvalue weighted by molar-refractivity contribution is -0.197. The molecule has 1 aliphatic rings. The fraction of sp³-hybridized carbons (Fsp3) is 0.533. The molecule has 6 heteroatoms. The zero-order valence-corrected chi connectivity index (χ0v) is 11.5. The van der Waals surface area contributed by atoms with Crippen LogP contribution in [-0.4, -0.2) is 17.2 Å². The minimum atomic E-state index is -4.34. The summed E-state index contributed by atoms with van der Waals surface area (Å²) in [6.07, 6.45) is -2.92. The van der Waals surface area contributed by atoms with Crippen molar-refractivity contribution in [3.8, 4) is 0 Å². The van der Waals surface area contributed by atoms with E-state index in [0.29, 0.717) is 24.1 Å². The second kappa shape index (κ2) is 6.47. The van der Waals surface area contributed by atoms with E-state index in [1.54, 1.807) is 24.3 Å². The molecule has 1 aliphatic carbocycles. The van der Waals surface area contributed by atoms with E-state index in [1.165, 1.54) is 0 Å². The maximum absolute atomic E-state index is 13.0. The second-order valence-corrected chi connectivity index (χ2v) is 5.39. The number of carbonyl (C=O) groups excluding carboxylic acids is 1. The van der Waals surface area contributed by atoms with E-state index in [2.05, 4.69) is 5.32 Å². The molecule has 0 bridgehead atoms. The molecule has 0 radical (unpaired) electrons. The van der Waals surface area contributed by atoms with Gasteiger partial charge in [0.25, 0.3) is 0 Å². The molecule has 0 saturated heterocycles. The van der Waals surface area contributed by atoms with Gasteiger partial charge in [-0.05, 0) is 30.5 Å². The van der Waals surface area contributed by atoms with Crippen molar-refractivity contribution in [3.05, 3.63) is 29.8 Å². The predicted molar refractivity (Wildman–Crippen MR) is 72.5 cm³/mol. The Kier molecular flexibility index (Phi) is 4.88. The minimum Gasteiger partial charge on any atom is -0.392 e. The van der Waals surface area contributed by atoms with Gasteiger partial charge in [0.2, 0.25) is 5.91 Å². The number of aliphatic hydroxyl groups excluding tert-OH is 1. The van der Waals surface area contributed by atoms with Crippen LogP contribution in [0.15, 0.2) is 24.3 Å². The van der Waals surface area contributed by atoms with Crippen LogP contribution >= 0.6 is 0 Å². The fourth-order valence-electron chi connectivity index (χ4n) is 2.82. The van der Waals surface area contributed by atoms with Crippen molar-refractivity contribution in [2.75, 3.05) is 5.32 Å². The number of anilines is 1. The number of rotatable bonds is 3. The van der Waals surface area contributed by atoms with Crippen LogP contribution < -0.4 is 5.32 Å². The summed E-state index contributed by atoms with van der Waals surface area (Å²) in [6.45, 7) is -0.182. The van der Waals surface area contributed by atoms with Crippen molar-refractivity contribution in [2.45, 2.75) is 38.5 Å². The van der Waals surface area contributed by atoms with E-state index >= 15 is 0 Å². The first kappa shape index (κ1) is 15.8. The third kappa shape index (κ3) is 3.97. The van der Waals surface area contributed by atoms with Crippen molar-refractivity contribution >= 4 is 11.6 Å². The van der Waals surface area contributed by atoms with Gasteiger partial charge in [-0.25, -0.2) is 0 Å². The molecule has 2 rings (SSSR count). The Labute approximate surface area is 121 Å². The first-order valence-electron chi connectivity index (χ1n) is 6.99. The molecule has 1 fully saturated rings. The van der Waals surface area contributed by atoms with Gasteiger partial charge in [-0.3, -0.25) is 4.79 Å². The van der Waals surface area contributed by atoms with Crippen LogP contribution in [0.25, 0.3) is 0 Å². The van der Waals surface area contributed by atoms with Gasteiger partial charge in [0.05, 0.1) is 12.5 Å². The summed E-state index contributed by atoms with van der Waals surface area (Å²) in [4.78, 5) is 12.2. The van der Waals surface area contributed by atoms with Crippen LogP contribution in [0.2, 0.25) is 0 Å². The smallest absolute Gasteiger partial charge is 0.392 e. The lowest BCUT2D eigenvalue weighted by Gasteiger charge is -2.32. The molecule has 1 aromatic rings. The normalized spacial score (nSPS) is 22.9. The number of hydrogen-bond donors (Lipinski definition) is 2. The molecule has 1 aromatic carbocycles. The zero-order chi connectivity index (χ0) is 15.5. The third-order valence-corrected chi connectivity index (χ3v) is 3.90. The van der Waals surface area contributed by atoms with Crippen LogP contribution in [0.1, 0.15) is 31.2 Å². The summed E-state index contributed by atoms with van der Waals surface area (Å²) in [7, 11) is 0. The van der Waals surface area contributed by atoms with Gasteiger partial charge in [0, 0.05) is 11.6 Å². The summed E-state index contributed by atoms with van der Waals surface area (Å²) < 4.78 is 39.0. The zero-order valence-electron chi connectivity index (χ0n) is 11.5. The number of benzene rings is 1. The van der Waals surface area contributed by atoms with Gasteiger partial charge >= 0.3 is 6.18 Å². The monoisotopic (exact) mass is 301 g/mol. The van der Waals surface area contributed by atoms with Crippen molar-refractivity contribution in [1.82, 2.24) is 0 Å².